The second-order valence-corrected chi connectivity index (χ2v) is 7.69. The van der Waals surface area contributed by atoms with E-state index in [1.807, 2.05) is 72.8 Å². The first kappa shape index (κ1) is 21.3. The lowest BCUT2D eigenvalue weighted by atomic mass is 10.1. The van der Waals surface area contributed by atoms with Crippen LogP contribution in [0.15, 0.2) is 122 Å². The van der Waals surface area contributed by atoms with E-state index in [4.69, 9.17) is 0 Å². The van der Waals surface area contributed by atoms with Crippen molar-refractivity contribution >= 4 is 23.3 Å². The first-order chi connectivity index (χ1) is 16.9. The van der Waals surface area contributed by atoms with Gasteiger partial charge in [-0.1, -0.05) is 48.5 Å². The highest BCUT2D eigenvalue weighted by Gasteiger charge is 2.18. The summed E-state index contributed by atoms with van der Waals surface area (Å²) in [4.78, 5) is 22.6. The van der Waals surface area contributed by atoms with Crippen LogP contribution in [0.4, 0.5) is 23.3 Å². The molecule has 4 heterocycles. The minimum absolute atomic E-state index is 0.627. The Morgan fingerprint density at radius 1 is 0.382 bits per heavy atom. The van der Waals surface area contributed by atoms with Crippen LogP contribution in [0.1, 0.15) is 11.1 Å². The predicted molar refractivity (Wildman–Crippen MR) is 135 cm³/mol. The SMILES string of the molecule is c1ccc(N(Cc2ccccc2CN(c2ccccn2)c2ccccn2)c2ccccn2)nc1. The molecule has 0 aliphatic heterocycles. The summed E-state index contributed by atoms with van der Waals surface area (Å²) in [5.41, 5.74) is 2.35. The van der Waals surface area contributed by atoms with Crippen LogP contribution in [-0.2, 0) is 13.1 Å². The molecule has 5 aromatic rings. The maximum Gasteiger partial charge on any atom is 0.134 e. The monoisotopic (exact) mass is 444 g/mol. The molecule has 0 unspecified atom stereocenters. The molecule has 0 atom stereocenters. The molecular formula is C28H24N6. The van der Waals surface area contributed by atoms with Gasteiger partial charge in [0.25, 0.3) is 0 Å². The maximum atomic E-state index is 4.59. The third-order valence-corrected chi connectivity index (χ3v) is 5.48. The van der Waals surface area contributed by atoms with Crippen molar-refractivity contribution < 1.29 is 0 Å². The van der Waals surface area contributed by atoms with Gasteiger partial charge in [0.15, 0.2) is 0 Å². The molecule has 0 aliphatic rings. The van der Waals surface area contributed by atoms with Crippen molar-refractivity contribution in [2.24, 2.45) is 0 Å². The highest BCUT2D eigenvalue weighted by Crippen LogP contribution is 2.28. The fraction of sp³-hybridized carbons (Fsp3) is 0.0714. The van der Waals surface area contributed by atoms with Gasteiger partial charge in [-0.2, -0.15) is 0 Å². The molecule has 166 valence electrons. The summed E-state index contributed by atoms with van der Waals surface area (Å²) in [5.74, 6) is 3.40. The first-order valence-electron chi connectivity index (χ1n) is 11.1. The van der Waals surface area contributed by atoms with Crippen molar-refractivity contribution in [3.05, 3.63) is 133 Å². The number of rotatable bonds is 8. The van der Waals surface area contributed by atoms with E-state index >= 15 is 0 Å². The van der Waals surface area contributed by atoms with Crippen molar-refractivity contribution in [3.63, 3.8) is 0 Å². The molecule has 1 aromatic carbocycles. The molecule has 6 heteroatoms. The summed E-state index contributed by atoms with van der Waals surface area (Å²) in [7, 11) is 0. The number of nitrogens with zero attached hydrogens (tertiary/aromatic N) is 6. The molecule has 0 N–H and O–H groups in total. The van der Waals surface area contributed by atoms with Gasteiger partial charge in [0.2, 0.25) is 0 Å². The largest absolute Gasteiger partial charge is 0.307 e. The Labute approximate surface area is 199 Å². The van der Waals surface area contributed by atoms with Crippen molar-refractivity contribution in [2.45, 2.75) is 13.1 Å². The zero-order valence-corrected chi connectivity index (χ0v) is 18.6. The van der Waals surface area contributed by atoms with Crippen LogP contribution < -0.4 is 9.80 Å². The summed E-state index contributed by atoms with van der Waals surface area (Å²) in [6.07, 6.45) is 7.23. The Bertz CT molecular complexity index is 1120. The van der Waals surface area contributed by atoms with E-state index in [0.29, 0.717) is 13.1 Å². The van der Waals surface area contributed by atoms with E-state index in [1.165, 1.54) is 11.1 Å². The maximum absolute atomic E-state index is 4.59. The lowest BCUT2D eigenvalue weighted by Crippen LogP contribution is -2.23. The molecule has 0 spiro atoms. The van der Waals surface area contributed by atoms with Crippen LogP contribution in [0.2, 0.25) is 0 Å². The molecule has 0 bridgehead atoms. The lowest BCUT2D eigenvalue weighted by Gasteiger charge is -2.27. The highest BCUT2D eigenvalue weighted by atomic mass is 15.2. The number of benzene rings is 1. The summed E-state index contributed by atoms with van der Waals surface area (Å²) >= 11 is 0. The van der Waals surface area contributed by atoms with Gasteiger partial charge in [-0.15, -0.1) is 0 Å². The van der Waals surface area contributed by atoms with Gasteiger partial charge in [0.05, 0.1) is 13.1 Å². The minimum Gasteiger partial charge on any atom is -0.307 e. The summed E-state index contributed by atoms with van der Waals surface area (Å²) in [6.45, 7) is 1.25. The molecule has 0 saturated carbocycles. The minimum atomic E-state index is 0.627. The second-order valence-electron chi connectivity index (χ2n) is 7.69. The predicted octanol–water partition coefficient (Wildman–Crippen LogP) is 5.94. The van der Waals surface area contributed by atoms with Crippen LogP contribution in [0.3, 0.4) is 0 Å². The van der Waals surface area contributed by atoms with Crippen LogP contribution in [0.5, 0.6) is 0 Å². The van der Waals surface area contributed by atoms with E-state index in [2.05, 4.69) is 54.0 Å². The van der Waals surface area contributed by atoms with E-state index in [-0.39, 0.29) is 0 Å². The van der Waals surface area contributed by atoms with Gasteiger partial charge in [-0.25, -0.2) is 19.9 Å². The van der Waals surface area contributed by atoms with Crippen LogP contribution in [-0.4, -0.2) is 19.9 Å². The van der Waals surface area contributed by atoms with Gasteiger partial charge in [0.1, 0.15) is 23.3 Å². The van der Waals surface area contributed by atoms with Gasteiger partial charge in [0, 0.05) is 24.8 Å². The summed E-state index contributed by atoms with van der Waals surface area (Å²) in [5, 5.41) is 0. The van der Waals surface area contributed by atoms with Gasteiger partial charge < -0.3 is 9.80 Å². The van der Waals surface area contributed by atoms with Crippen molar-refractivity contribution in [1.82, 2.24) is 19.9 Å². The zero-order valence-electron chi connectivity index (χ0n) is 18.6. The fourth-order valence-corrected chi connectivity index (χ4v) is 3.82. The van der Waals surface area contributed by atoms with Crippen LogP contribution in [0.25, 0.3) is 0 Å². The number of aromatic nitrogens is 4. The molecular weight excluding hydrogens is 420 g/mol. The fourth-order valence-electron chi connectivity index (χ4n) is 3.82. The van der Waals surface area contributed by atoms with E-state index in [1.54, 1.807) is 24.8 Å². The molecule has 0 fully saturated rings. The lowest BCUT2D eigenvalue weighted by molar-refractivity contribution is 0.870. The zero-order chi connectivity index (χ0) is 23.0. The molecule has 5 rings (SSSR count). The van der Waals surface area contributed by atoms with Gasteiger partial charge in [-0.05, 0) is 59.7 Å². The summed E-state index contributed by atoms with van der Waals surface area (Å²) in [6, 6.07) is 32.1. The van der Waals surface area contributed by atoms with E-state index < -0.39 is 0 Å². The average Bonchev–Trinajstić information content (AvgIpc) is 2.93. The first-order valence-corrected chi connectivity index (χ1v) is 11.1. The Balaban J connectivity index is 1.51. The number of hydrogen-bond donors (Lipinski definition) is 0. The van der Waals surface area contributed by atoms with Crippen molar-refractivity contribution in [2.75, 3.05) is 9.80 Å². The second kappa shape index (κ2) is 10.4. The molecule has 4 aromatic heterocycles. The molecule has 0 saturated heterocycles. The van der Waals surface area contributed by atoms with Crippen molar-refractivity contribution in [3.8, 4) is 0 Å². The molecule has 6 nitrogen and oxygen atoms in total. The topological polar surface area (TPSA) is 58.0 Å². The quantitative estimate of drug-likeness (QED) is 0.295. The summed E-state index contributed by atoms with van der Waals surface area (Å²) < 4.78 is 0. The average molecular weight is 445 g/mol. The van der Waals surface area contributed by atoms with E-state index in [0.717, 1.165) is 23.3 Å². The Kier molecular flexibility index (Phi) is 6.48. The Morgan fingerprint density at radius 2 is 0.676 bits per heavy atom. The molecule has 0 aliphatic carbocycles. The Morgan fingerprint density at radius 3 is 0.941 bits per heavy atom. The molecule has 0 amide bonds. The smallest absolute Gasteiger partial charge is 0.134 e. The number of hydrogen-bond acceptors (Lipinski definition) is 6. The highest BCUT2D eigenvalue weighted by molar-refractivity contribution is 5.58. The van der Waals surface area contributed by atoms with Crippen molar-refractivity contribution in [1.29, 1.82) is 0 Å². The van der Waals surface area contributed by atoms with Crippen LogP contribution in [0, 0.1) is 0 Å². The molecule has 0 radical (unpaired) electrons. The van der Waals surface area contributed by atoms with Crippen LogP contribution >= 0.6 is 0 Å². The number of pyridine rings is 4. The van der Waals surface area contributed by atoms with E-state index in [9.17, 15) is 0 Å². The third-order valence-electron chi connectivity index (χ3n) is 5.48. The van der Waals surface area contributed by atoms with Gasteiger partial charge >= 0.3 is 0 Å². The Hall–Kier alpha value is -4.58. The third kappa shape index (κ3) is 4.91. The number of anilines is 4. The standard InChI is InChI=1S/C28H24N6/c1-2-12-24(22-34(27-15-5-9-19-31-27)28-16-6-10-20-32-28)23(11-1)21-33(25-13-3-7-17-29-25)26-14-4-8-18-30-26/h1-20H,21-22H2. The molecule has 34 heavy (non-hydrogen) atoms. The normalized spacial score (nSPS) is 10.6. The van der Waals surface area contributed by atoms with Gasteiger partial charge in [-0.3, -0.25) is 0 Å².